The Kier molecular flexibility index (Phi) is 5.98. The van der Waals surface area contributed by atoms with Gasteiger partial charge in [-0.1, -0.05) is 12.1 Å². The molecule has 0 unspecified atom stereocenters. The Bertz CT molecular complexity index is 439. The van der Waals surface area contributed by atoms with Gasteiger partial charge in [-0.2, -0.15) is 0 Å². The summed E-state index contributed by atoms with van der Waals surface area (Å²) in [6.07, 6.45) is -0.634. The maximum Gasteiger partial charge on any atom is 0.342 e. The minimum Gasteiger partial charge on any atom is -0.457 e. The van der Waals surface area contributed by atoms with Gasteiger partial charge < -0.3 is 18.9 Å². The van der Waals surface area contributed by atoms with E-state index in [0.717, 1.165) is 0 Å². The van der Waals surface area contributed by atoms with Crippen molar-refractivity contribution in [2.75, 3.05) is 20.8 Å². The molecule has 6 nitrogen and oxygen atoms in total. The summed E-state index contributed by atoms with van der Waals surface area (Å²) in [5.41, 5.74) is 0.170. The van der Waals surface area contributed by atoms with Crippen molar-refractivity contribution < 1.29 is 28.5 Å². The van der Waals surface area contributed by atoms with E-state index in [1.165, 1.54) is 33.3 Å². The monoisotopic (exact) mass is 268 g/mol. The fraction of sp³-hybridized carbons (Fsp3) is 0.385. The molecule has 0 spiro atoms. The van der Waals surface area contributed by atoms with Crippen LogP contribution in [0.2, 0.25) is 0 Å². The highest BCUT2D eigenvalue weighted by Crippen LogP contribution is 2.19. The molecule has 0 bridgehead atoms. The van der Waals surface area contributed by atoms with E-state index in [0.29, 0.717) is 0 Å². The van der Waals surface area contributed by atoms with Crippen LogP contribution in [0.5, 0.6) is 5.75 Å². The highest BCUT2D eigenvalue weighted by Gasteiger charge is 2.16. The van der Waals surface area contributed by atoms with Gasteiger partial charge in [-0.3, -0.25) is 4.79 Å². The number of esters is 2. The van der Waals surface area contributed by atoms with Crippen molar-refractivity contribution in [2.45, 2.75) is 13.2 Å². The Hall–Kier alpha value is -1.92. The lowest BCUT2D eigenvalue weighted by Crippen LogP contribution is -2.23. The molecule has 1 rings (SSSR count). The molecule has 0 fully saturated rings. The maximum atomic E-state index is 11.9. The van der Waals surface area contributed by atoms with Crippen LogP contribution in [-0.2, 0) is 19.0 Å². The molecule has 0 amide bonds. The third-order valence-electron chi connectivity index (χ3n) is 2.24. The summed E-state index contributed by atoms with van der Waals surface area (Å²) < 4.78 is 19.7. The quantitative estimate of drug-likeness (QED) is 0.441. The highest BCUT2D eigenvalue weighted by atomic mass is 16.7. The second-order valence-electron chi connectivity index (χ2n) is 3.59. The summed E-state index contributed by atoms with van der Waals surface area (Å²) in [6, 6.07) is 6.33. The summed E-state index contributed by atoms with van der Waals surface area (Å²) in [5, 5.41) is 0. The molecular formula is C13H16O6. The number of carbonyl (C=O) groups is 2. The van der Waals surface area contributed by atoms with Crippen molar-refractivity contribution in [3.8, 4) is 5.75 Å². The number of para-hydroxylation sites is 1. The average Bonchev–Trinajstić information content (AvgIpc) is 2.39. The van der Waals surface area contributed by atoms with Gasteiger partial charge in [0.25, 0.3) is 0 Å². The molecule has 0 N–H and O–H groups in total. The van der Waals surface area contributed by atoms with Gasteiger partial charge in [-0.05, 0) is 12.1 Å². The van der Waals surface area contributed by atoms with Gasteiger partial charge in [0, 0.05) is 21.1 Å². The van der Waals surface area contributed by atoms with Crippen LogP contribution in [0.1, 0.15) is 17.3 Å². The molecule has 1 aromatic carbocycles. The summed E-state index contributed by atoms with van der Waals surface area (Å²) in [5.74, 6) is -0.964. The van der Waals surface area contributed by atoms with Gasteiger partial charge in [-0.15, -0.1) is 0 Å². The van der Waals surface area contributed by atoms with Crippen LogP contribution in [0.15, 0.2) is 24.3 Å². The van der Waals surface area contributed by atoms with Crippen LogP contribution in [0, 0.1) is 0 Å². The van der Waals surface area contributed by atoms with Crippen LogP contribution in [0.4, 0.5) is 0 Å². The molecule has 0 aliphatic rings. The smallest absolute Gasteiger partial charge is 0.342 e. The first-order valence-corrected chi connectivity index (χ1v) is 5.58. The fourth-order valence-corrected chi connectivity index (χ4v) is 1.33. The molecular weight excluding hydrogens is 252 g/mol. The Labute approximate surface area is 111 Å². The summed E-state index contributed by atoms with van der Waals surface area (Å²) in [7, 11) is 2.88. The SMILES string of the molecule is COC(COC(=O)c1ccccc1OC(C)=O)OC. The van der Waals surface area contributed by atoms with Crippen LogP contribution >= 0.6 is 0 Å². The van der Waals surface area contributed by atoms with E-state index in [4.69, 9.17) is 18.9 Å². The lowest BCUT2D eigenvalue weighted by molar-refractivity contribution is -0.132. The summed E-state index contributed by atoms with van der Waals surface area (Å²) >= 11 is 0. The van der Waals surface area contributed by atoms with Gasteiger partial charge in [0.1, 0.15) is 17.9 Å². The van der Waals surface area contributed by atoms with E-state index in [9.17, 15) is 9.59 Å². The molecule has 1 aromatic rings. The number of carbonyl (C=O) groups excluding carboxylic acids is 2. The Morgan fingerprint density at radius 3 is 2.37 bits per heavy atom. The van der Waals surface area contributed by atoms with E-state index in [2.05, 4.69) is 0 Å². The van der Waals surface area contributed by atoms with Crippen molar-refractivity contribution in [3.63, 3.8) is 0 Å². The normalized spacial score (nSPS) is 10.3. The molecule has 104 valence electrons. The maximum absolute atomic E-state index is 11.9. The first-order valence-electron chi connectivity index (χ1n) is 5.58. The molecule has 6 heteroatoms. The molecule has 0 saturated carbocycles. The van der Waals surface area contributed by atoms with Crippen LogP contribution in [0.25, 0.3) is 0 Å². The predicted octanol–water partition coefficient (Wildman–Crippen LogP) is 1.39. The van der Waals surface area contributed by atoms with Crippen molar-refractivity contribution in [1.29, 1.82) is 0 Å². The molecule has 19 heavy (non-hydrogen) atoms. The lowest BCUT2D eigenvalue weighted by atomic mass is 10.2. The van der Waals surface area contributed by atoms with E-state index in [-0.39, 0.29) is 17.9 Å². The van der Waals surface area contributed by atoms with E-state index >= 15 is 0 Å². The molecule has 0 radical (unpaired) electrons. The largest absolute Gasteiger partial charge is 0.457 e. The van der Waals surface area contributed by atoms with Crippen LogP contribution < -0.4 is 4.74 Å². The predicted molar refractivity (Wildman–Crippen MR) is 65.8 cm³/mol. The van der Waals surface area contributed by atoms with Crippen molar-refractivity contribution >= 4 is 11.9 Å². The third kappa shape index (κ3) is 4.69. The zero-order valence-electron chi connectivity index (χ0n) is 11.0. The average molecular weight is 268 g/mol. The number of methoxy groups -OCH3 is 2. The molecule has 0 saturated heterocycles. The second kappa shape index (κ2) is 7.50. The van der Waals surface area contributed by atoms with Gasteiger partial charge in [0.05, 0.1) is 0 Å². The molecule has 0 heterocycles. The summed E-state index contributed by atoms with van der Waals surface area (Å²) in [6.45, 7) is 1.20. The van der Waals surface area contributed by atoms with Gasteiger partial charge >= 0.3 is 11.9 Å². The molecule has 0 aliphatic heterocycles. The lowest BCUT2D eigenvalue weighted by Gasteiger charge is -2.14. The summed E-state index contributed by atoms with van der Waals surface area (Å²) in [4.78, 5) is 22.8. The number of ether oxygens (including phenoxy) is 4. The Morgan fingerprint density at radius 2 is 1.79 bits per heavy atom. The number of benzene rings is 1. The highest BCUT2D eigenvalue weighted by molar-refractivity contribution is 5.93. The molecule has 0 aromatic heterocycles. The standard InChI is InChI=1S/C13H16O6/c1-9(14)19-11-7-5-4-6-10(11)13(15)18-8-12(16-2)17-3/h4-7,12H,8H2,1-3H3. The fourth-order valence-electron chi connectivity index (χ4n) is 1.33. The molecule has 0 atom stereocenters. The number of rotatable bonds is 6. The van der Waals surface area contributed by atoms with Gasteiger partial charge in [-0.25, -0.2) is 4.79 Å². The first kappa shape index (κ1) is 15.1. The van der Waals surface area contributed by atoms with E-state index in [1.54, 1.807) is 12.1 Å². The zero-order chi connectivity index (χ0) is 14.3. The minimum absolute atomic E-state index is 0.0553. The van der Waals surface area contributed by atoms with E-state index in [1.807, 2.05) is 0 Å². The van der Waals surface area contributed by atoms with E-state index < -0.39 is 18.2 Å². The van der Waals surface area contributed by atoms with Gasteiger partial charge in [0.15, 0.2) is 6.29 Å². The minimum atomic E-state index is -0.634. The van der Waals surface area contributed by atoms with Crippen molar-refractivity contribution in [2.24, 2.45) is 0 Å². The van der Waals surface area contributed by atoms with Crippen molar-refractivity contribution in [1.82, 2.24) is 0 Å². The topological polar surface area (TPSA) is 71.1 Å². The van der Waals surface area contributed by atoms with Gasteiger partial charge in [0.2, 0.25) is 0 Å². The second-order valence-corrected chi connectivity index (χ2v) is 3.59. The van der Waals surface area contributed by atoms with Crippen LogP contribution in [0.3, 0.4) is 0 Å². The first-order chi connectivity index (χ1) is 9.08. The number of hydrogen-bond donors (Lipinski definition) is 0. The zero-order valence-corrected chi connectivity index (χ0v) is 11.0. The van der Waals surface area contributed by atoms with Crippen molar-refractivity contribution in [3.05, 3.63) is 29.8 Å². The Morgan fingerprint density at radius 1 is 1.16 bits per heavy atom. The van der Waals surface area contributed by atoms with Crippen LogP contribution in [-0.4, -0.2) is 39.1 Å². The number of hydrogen-bond acceptors (Lipinski definition) is 6. The Balaban J connectivity index is 2.73. The molecule has 0 aliphatic carbocycles. The third-order valence-corrected chi connectivity index (χ3v) is 2.24.